The van der Waals surface area contributed by atoms with E-state index in [9.17, 15) is 4.79 Å². The molecule has 1 rings (SSSR count). The molecule has 0 aliphatic rings. The van der Waals surface area contributed by atoms with Crippen LogP contribution in [0.25, 0.3) is 0 Å². The van der Waals surface area contributed by atoms with Gasteiger partial charge in [0.15, 0.2) is 0 Å². The molecule has 0 aliphatic carbocycles. The number of hydrogen-bond donors (Lipinski definition) is 1. The molecule has 1 heterocycles. The Hall–Kier alpha value is -1.16. The number of ketones is 1. The average molecular weight is 223 g/mol. The third-order valence-electron chi connectivity index (χ3n) is 3.02. The van der Waals surface area contributed by atoms with Crippen LogP contribution in [0.1, 0.15) is 26.0 Å². The van der Waals surface area contributed by atoms with E-state index >= 15 is 0 Å². The molecule has 2 N–H and O–H groups in total. The first-order valence-electron chi connectivity index (χ1n) is 5.76. The summed E-state index contributed by atoms with van der Waals surface area (Å²) in [7, 11) is 1.89. The van der Waals surface area contributed by atoms with Gasteiger partial charge in [-0.15, -0.1) is 0 Å². The van der Waals surface area contributed by atoms with Crippen molar-refractivity contribution in [3.8, 4) is 0 Å². The summed E-state index contributed by atoms with van der Waals surface area (Å²) in [5.41, 5.74) is 6.71. The maximum absolute atomic E-state index is 11.9. The topological polar surface area (TPSA) is 60.9 Å². The third-order valence-corrected chi connectivity index (χ3v) is 3.02. The van der Waals surface area contributed by atoms with Gasteiger partial charge in [-0.3, -0.25) is 9.48 Å². The molecule has 0 spiro atoms. The lowest BCUT2D eigenvalue weighted by Crippen LogP contribution is -2.28. The van der Waals surface area contributed by atoms with E-state index in [1.54, 1.807) is 10.9 Å². The van der Waals surface area contributed by atoms with Crippen LogP contribution in [0.15, 0.2) is 12.3 Å². The molecule has 0 fully saturated rings. The Bertz CT molecular complexity index is 344. The van der Waals surface area contributed by atoms with Gasteiger partial charge in [0.25, 0.3) is 0 Å². The van der Waals surface area contributed by atoms with Gasteiger partial charge in [-0.2, -0.15) is 5.10 Å². The van der Waals surface area contributed by atoms with Gasteiger partial charge in [-0.1, -0.05) is 13.8 Å². The standard InChI is InChI=1S/C12H21N3O/c1-9(2)11(8-13)12(16)5-4-10-6-7-14-15(10)3/h6-7,9,11H,4-5,8,13H2,1-3H3. The van der Waals surface area contributed by atoms with Crippen molar-refractivity contribution in [1.29, 1.82) is 0 Å². The minimum Gasteiger partial charge on any atom is -0.330 e. The Kier molecular flexibility index (Phi) is 4.68. The number of hydrogen-bond acceptors (Lipinski definition) is 3. The first-order chi connectivity index (χ1) is 7.56. The molecule has 0 radical (unpaired) electrons. The molecule has 4 nitrogen and oxygen atoms in total. The molecule has 1 aromatic rings. The van der Waals surface area contributed by atoms with Crippen LogP contribution in [0.4, 0.5) is 0 Å². The van der Waals surface area contributed by atoms with Crippen molar-refractivity contribution in [3.05, 3.63) is 18.0 Å². The summed E-state index contributed by atoms with van der Waals surface area (Å²) >= 11 is 0. The Morgan fingerprint density at radius 1 is 1.56 bits per heavy atom. The molecule has 0 saturated carbocycles. The minimum absolute atomic E-state index is 0.00627. The number of carbonyl (C=O) groups is 1. The molecule has 4 heteroatoms. The van der Waals surface area contributed by atoms with Gasteiger partial charge in [0.1, 0.15) is 5.78 Å². The van der Waals surface area contributed by atoms with Gasteiger partial charge in [0, 0.05) is 37.8 Å². The summed E-state index contributed by atoms with van der Waals surface area (Å²) in [6.07, 6.45) is 3.06. The number of rotatable bonds is 6. The van der Waals surface area contributed by atoms with Crippen molar-refractivity contribution in [3.63, 3.8) is 0 Å². The molecule has 0 aliphatic heterocycles. The van der Waals surface area contributed by atoms with E-state index in [0.717, 1.165) is 12.1 Å². The van der Waals surface area contributed by atoms with Crippen LogP contribution in [-0.2, 0) is 18.3 Å². The zero-order valence-electron chi connectivity index (χ0n) is 10.3. The fourth-order valence-electron chi connectivity index (χ4n) is 1.86. The highest BCUT2D eigenvalue weighted by molar-refractivity contribution is 5.81. The van der Waals surface area contributed by atoms with Crippen molar-refractivity contribution in [2.24, 2.45) is 24.6 Å². The van der Waals surface area contributed by atoms with Crippen LogP contribution in [0.2, 0.25) is 0 Å². The number of nitrogens with zero attached hydrogens (tertiary/aromatic N) is 2. The van der Waals surface area contributed by atoms with Crippen molar-refractivity contribution in [2.75, 3.05) is 6.54 Å². The predicted octanol–water partition coefficient (Wildman–Crippen LogP) is 1.15. The summed E-state index contributed by atoms with van der Waals surface area (Å²) < 4.78 is 1.81. The quantitative estimate of drug-likeness (QED) is 0.787. The minimum atomic E-state index is -0.00627. The maximum atomic E-state index is 11.9. The lowest BCUT2D eigenvalue weighted by Gasteiger charge is -2.17. The summed E-state index contributed by atoms with van der Waals surface area (Å²) in [6.45, 7) is 4.53. The molecule has 0 bridgehead atoms. The number of Topliss-reactive ketones (excluding diaryl/α,β-unsaturated/α-hetero) is 1. The van der Waals surface area contributed by atoms with Crippen LogP contribution >= 0.6 is 0 Å². The molecule has 1 unspecified atom stereocenters. The monoisotopic (exact) mass is 223 g/mol. The van der Waals surface area contributed by atoms with Crippen molar-refractivity contribution < 1.29 is 4.79 Å². The van der Waals surface area contributed by atoms with Crippen molar-refractivity contribution in [1.82, 2.24) is 9.78 Å². The third kappa shape index (κ3) is 3.17. The second-order valence-corrected chi connectivity index (χ2v) is 4.50. The molecule has 0 saturated heterocycles. The van der Waals surface area contributed by atoms with Crippen LogP contribution in [-0.4, -0.2) is 22.1 Å². The summed E-state index contributed by atoms with van der Waals surface area (Å²) in [5, 5.41) is 4.08. The second kappa shape index (κ2) is 5.80. The van der Waals surface area contributed by atoms with Crippen LogP contribution in [0.3, 0.4) is 0 Å². The van der Waals surface area contributed by atoms with E-state index in [1.165, 1.54) is 0 Å². The van der Waals surface area contributed by atoms with Crippen molar-refractivity contribution in [2.45, 2.75) is 26.7 Å². The Balaban J connectivity index is 2.49. The number of aryl methyl sites for hydroxylation is 2. The highest BCUT2D eigenvalue weighted by Crippen LogP contribution is 2.14. The SMILES string of the molecule is CC(C)C(CN)C(=O)CCc1ccnn1C. The van der Waals surface area contributed by atoms with Gasteiger partial charge in [0.2, 0.25) is 0 Å². The summed E-state index contributed by atoms with van der Waals surface area (Å²) in [6, 6.07) is 1.94. The first-order valence-corrected chi connectivity index (χ1v) is 5.76. The first kappa shape index (κ1) is 12.9. The van der Waals surface area contributed by atoms with Crippen LogP contribution < -0.4 is 5.73 Å². The molecule has 0 amide bonds. The maximum Gasteiger partial charge on any atom is 0.137 e. The van der Waals surface area contributed by atoms with Crippen molar-refractivity contribution >= 4 is 5.78 Å². The molecule has 0 aromatic carbocycles. The lowest BCUT2D eigenvalue weighted by molar-refractivity contribution is -0.123. The van der Waals surface area contributed by atoms with Crippen LogP contribution in [0.5, 0.6) is 0 Å². The number of nitrogens with two attached hydrogens (primary N) is 1. The highest BCUT2D eigenvalue weighted by atomic mass is 16.1. The molecule has 90 valence electrons. The lowest BCUT2D eigenvalue weighted by atomic mass is 9.89. The predicted molar refractivity (Wildman–Crippen MR) is 63.9 cm³/mol. The molecule has 1 atom stereocenters. The molecule has 1 aromatic heterocycles. The smallest absolute Gasteiger partial charge is 0.137 e. The van der Waals surface area contributed by atoms with E-state index in [1.807, 2.05) is 27.0 Å². The number of aromatic nitrogens is 2. The van der Waals surface area contributed by atoms with Crippen LogP contribution in [0, 0.1) is 11.8 Å². The Labute approximate surface area is 96.8 Å². The summed E-state index contributed by atoms with van der Waals surface area (Å²) in [5.74, 6) is 0.580. The molecular weight excluding hydrogens is 202 g/mol. The van der Waals surface area contributed by atoms with E-state index in [0.29, 0.717) is 18.9 Å². The van der Waals surface area contributed by atoms with E-state index in [2.05, 4.69) is 5.10 Å². The summed E-state index contributed by atoms with van der Waals surface area (Å²) in [4.78, 5) is 11.9. The highest BCUT2D eigenvalue weighted by Gasteiger charge is 2.20. The van der Waals surface area contributed by atoms with Gasteiger partial charge < -0.3 is 5.73 Å². The Morgan fingerprint density at radius 3 is 2.69 bits per heavy atom. The molecule has 16 heavy (non-hydrogen) atoms. The van der Waals surface area contributed by atoms with E-state index < -0.39 is 0 Å². The van der Waals surface area contributed by atoms with Gasteiger partial charge in [-0.25, -0.2) is 0 Å². The Morgan fingerprint density at radius 2 is 2.25 bits per heavy atom. The van der Waals surface area contributed by atoms with E-state index in [4.69, 9.17) is 5.73 Å². The van der Waals surface area contributed by atoms with Gasteiger partial charge in [0.05, 0.1) is 0 Å². The molecular formula is C12H21N3O. The normalized spacial score (nSPS) is 13.1. The second-order valence-electron chi connectivity index (χ2n) is 4.50. The largest absolute Gasteiger partial charge is 0.330 e. The fraction of sp³-hybridized carbons (Fsp3) is 0.667. The number of carbonyl (C=O) groups excluding carboxylic acids is 1. The zero-order valence-corrected chi connectivity index (χ0v) is 10.3. The fourth-order valence-corrected chi connectivity index (χ4v) is 1.86. The van der Waals surface area contributed by atoms with Gasteiger partial charge >= 0.3 is 0 Å². The van der Waals surface area contributed by atoms with Gasteiger partial charge in [-0.05, 0) is 18.4 Å². The average Bonchev–Trinajstić information content (AvgIpc) is 2.61. The zero-order chi connectivity index (χ0) is 12.1. The van der Waals surface area contributed by atoms with E-state index in [-0.39, 0.29) is 11.7 Å².